The summed E-state index contributed by atoms with van der Waals surface area (Å²) in [5.41, 5.74) is 0.842. The SMILES string of the molecule is CC(NC(=O)NC(CO)c1ccccc1)c1nc(C2CCCC2)no1. The zero-order chi connectivity index (χ0) is 17.6. The summed E-state index contributed by atoms with van der Waals surface area (Å²) in [5.74, 6) is 1.51. The molecule has 7 nitrogen and oxygen atoms in total. The maximum Gasteiger partial charge on any atom is 0.315 e. The van der Waals surface area contributed by atoms with E-state index in [1.807, 2.05) is 30.3 Å². The van der Waals surface area contributed by atoms with Gasteiger partial charge in [0, 0.05) is 5.92 Å². The van der Waals surface area contributed by atoms with Crippen LogP contribution in [-0.2, 0) is 0 Å². The largest absolute Gasteiger partial charge is 0.394 e. The van der Waals surface area contributed by atoms with Crippen LogP contribution in [0.3, 0.4) is 0 Å². The molecule has 0 spiro atoms. The van der Waals surface area contributed by atoms with Crippen LogP contribution in [0.4, 0.5) is 4.79 Å². The molecule has 2 unspecified atom stereocenters. The summed E-state index contributed by atoms with van der Waals surface area (Å²) < 4.78 is 5.30. The number of aromatic nitrogens is 2. The molecule has 0 saturated heterocycles. The van der Waals surface area contributed by atoms with E-state index < -0.39 is 18.1 Å². The first-order valence-corrected chi connectivity index (χ1v) is 8.73. The van der Waals surface area contributed by atoms with E-state index >= 15 is 0 Å². The van der Waals surface area contributed by atoms with Gasteiger partial charge in [-0.1, -0.05) is 48.3 Å². The quantitative estimate of drug-likeness (QED) is 0.748. The molecule has 2 amide bonds. The Hall–Kier alpha value is -2.41. The number of hydrogen-bond donors (Lipinski definition) is 3. The summed E-state index contributed by atoms with van der Waals surface area (Å²) >= 11 is 0. The smallest absolute Gasteiger partial charge is 0.315 e. The molecule has 2 atom stereocenters. The third-order valence-electron chi connectivity index (χ3n) is 4.59. The standard InChI is InChI=1S/C18H24N4O3/c1-12(17-21-16(22-25-17)14-9-5-6-10-14)19-18(24)20-15(11-23)13-7-3-2-4-8-13/h2-4,7-8,12,14-15,23H,5-6,9-11H2,1H3,(H2,19,20,24). The second-order valence-corrected chi connectivity index (χ2v) is 6.46. The number of hydrogen-bond acceptors (Lipinski definition) is 5. The molecule has 134 valence electrons. The molecule has 7 heteroatoms. The van der Waals surface area contributed by atoms with Crippen molar-refractivity contribution in [1.82, 2.24) is 20.8 Å². The lowest BCUT2D eigenvalue weighted by Gasteiger charge is -2.18. The number of urea groups is 1. The van der Waals surface area contributed by atoms with Gasteiger partial charge in [-0.15, -0.1) is 0 Å². The van der Waals surface area contributed by atoms with Crippen LogP contribution in [0, 0.1) is 0 Å². The Kier molecular flexibility index (Phi) is 5.65. The molecule has 25 heavy (non-hydrogen) atoms. The number of benzene rings is 1. The molecule has 3 N–H and O–H groups in total. The van der Waals surface area contributed by atoms with Crippen molar-refractivity contribution in [2.24, 2.45) is 0 Å². The first-order chi connectivity index (χ1) is 12.2. The third-order valence-corrected chi connectivity index (χ3v) is 4.59. The predicted octanol–water partition coefficient (Wildman–Crippen LogP) is 2.82. The van der Waals surface area contributed by atoms with Gasteiger partial charge < -0.3 is 20.3 Å². The highest BCUT2D eigenvalue weighted by molar-refractivity contribution is 5.74. The van der Waals surface area contributed by atoms with Gasteiger partial charge in [-0.2, -0.15) is 4.98 Å². The second kappa shape index (κ2) is 8.11. The van der Waals surface area contributed by atoms with E-state index in [2.05, 4.69) is 20.8 Å². The Bertz CT molecular complexity index is 683. The molecule has 0 radical (unpaired) electrons. The maximum absolute atomic E-state index is 12.2. The molecule has 0 bridgehead atoms. The summed E-state index contributed by atoms with van der Waals surface area (Å²) in [6.07, 6.45) is 4.59. The number of nitrogens with zero attached hydrogens (tertiary/aromatic N) is 2. The molecular formula is C18H24N4O3. The molecule has 1 aliphatic rings. The first-order valence-electron chi connectivity index (χ1n) is 8.73. The minimum atomic E-state index is -0.467. The lowest BCUT2D eigenvalue weighted by atomic mass is 10.1. The lowest BCUT2D eigenvalue weighted by molar-refractivity contribution is 0.212. The Morgan fingerprint density at radius 3 is 2.68 bits per heavy atom. The van der Waals surface area contributed by atoms with E-state index in [9.17, 15) is 9.90 Å². The molecule has 1 saturated carbocycles. The van der Waals surface area contributed by atoms with E-state index in [-0.39, 0.29) is 6.61 Å². The Labute approximate surface area is 146 Å². The van der Waals surface area contributed by atoms with Gasteiger partial charge >= 0.3 is 6.03 Å². The van der Waals surface area contributed by atoms with Gasteiger partial charge in [0.25, 0.3) is 0 Å². The zero-order valence-corrected chi connectivity index (χ0v) is 14.3. The van der Waals surface area contributed by atoms with Crippen LogP contribution < -0.4 is 10.6 Å². The van der Waals surface area contributed by atoms with Crippen LogP contribution in [0.2, 0.25) is 0 Å². The topological polar surface area (TPSA) is 100 Å². The number of aliphatic hydroxyl groups excluding tert-OH is 1. The Balaban J connectivity index is 1.56. The van der Waals surface area contributed by atoms with Gasteiger partial charge in [-0.25, -0.2) is 4.79 Å². The molecule has 2 aromatic rings. The average molecular weight is 344 g/mol. The molecule has 0 aliphatic heterocycles. The number of carbonyl (C=O) groups excluding carboxylic acids is 1. The van der Waals surface area contributed by atoms with E-state index in [0.29, 0.717) is 11.8 Å². The van der Waals surface area contributed by atoms with Crippen LogP contribution >= 0.6 is 0 Å². The van der Waals surface area contributed by atoms with Crippen molar-refractivity contribution in [3.05, 3.63) is 47.6 Å². The molecule has 1 heterocycles. The van der Waals surface area contributed by atoms with Crippen molar-refractivity contribution in [2.45, 2.75) is 50.6 Å². The summed E-state index contributed by atoms with van der Waals surface area (Å²) in [5, 5.41) is 19.1. The van der Waals surface area contributed by atoms with E-state index in [0.717, 1.165) is 24.2 Å². The summed E-state index contributed by atoms with van der Waals surface area (Å²) in [4.78, 5) is 16.6. The first kappa shape index (κ1) is 17.4. The summed E-state index contributed by atoms with van der Waals surface area (Å²) in [7, 11) is 0. The van der Waals surface area contributed by atoms with Crippen molar-refractivity contribution in [1.29, 1.82) is 0 Å². The van der Waals surface area contributed by atoms with Crippen LogP contribution in [0.1, 0.15) is 67.9 Å². The summed E-state index contributed by atoms with van der Waals surface area (Å²) in [6, 6.07) is 8.07. The van der Waals surface area contributed by atoms with Crippen molar-refractivity contribution in [3.8, 4) is 0 Å². The molecule has 1 fully saturated rings. The number of carbonyl (C=O) groups is 1. The normalized spacial score (nSPS) is 17.2. The van der Waals surface area contributed by atoms with Crippen LogP contribution in [-0.4, -0.2) is 27.9 Å². The monoisotopic (exact) mass is 344 g/mol. The number of rotatable bonds is 6. The number of aliphatic hydroxyl groups is 1. The van der Waals surface area contributed by atoms with Crippen LogP contribution in [0.15, 0.2) is 34.9 Å². The van der Waals surface area contributed by atoms with Crippen LogP contribution in [0.5, 0.6) is 0 Å². The maximum atomic E-state index is 12.2. The van der Waals surface area contributed by atoms with Gasteiger partial charge in [-0.05, 0) is 25.3 Å². The fraction of sp³-hybridized carbons (Fsp3) is 0.500. The fourth-order valence-corrected chi connectivity index (χ4v) is 3.15. The van der Waals surface area contributed by atoms with Gasteiger partial charge in [0.05, 0.1) is 12.6 Å². The van der Waals surface area contributed by atoms with E-state index in [4.69, 9.17) is 4.52 Å². The Morgan fingerprint density at radius 2 is 2.00 bits per heavy atom. The van der Waals surface area contributed by atoms with Gasteiger partial charge in [0.1, 0.15) is 6.04 Å². The van der Waals surface area contributed by atoms with Crippen molar-refractivity contribution in [2.75, 3.05) is 6.61 Å². The molecule has 1 aliphatic carbocycles. The predicted molar refractivity (Wildman–Crippen MR) is 91.9 cm³/mol. The molecule has 1 aromatic heterocycles. The fourth-order valence-electron chi connectivity index (χ4n) is 3.15. The van der Waals surface area contributed by atoms with Gasteiger partial charge in [-0.3, -0.25) is 0 Å². The second-order valence-electron chi connectivity index (χ2n) is 6.46. The van der Waals surface area contributed by atoms with Crippen LogP contribution in [0.25, 0.3) is 0 Å². The highest BCUT2D eigenvalue weighted by atomic mass is 16.5. The molecule has 1 aromatic carbocycles. The number of amides is 2. The van der Waals surface area contributed by atoms with Crippen molar-refractivity contribution >= 4 is 6.03 Å². The highest BCUT2D eigenvalue weighted by Crippen LogP contribution is 2.32. The average Bonchev–Trinajstić information content (AvgIpc) is 3.31. The van der Waals surface area contributed by atoms with Crippen molar-refractivity contribution < 1.29 is 14.4 Å². The summed E-state index contributed by atoms with van der Waals surface area (Å²) in [6.45, 7) is 1.61. The minimum Gasteiger partial charge on any atom is -0.394 e. The number of nitrogens with one attached hydrogen (secondary N) is 2. The van der Waals surface area contributed by atoms with Gasteiger partial charge in [0.2, 0.25) is 5.89 Å². The van der Waals surface area contributed by atoms with E-state index in [1.165, 1.54) is 12.8 Å². The minimum absolute atomic E-state index is 0.182. The Morgan fingerprint density at radius 1 is 1.28 bits per heavy atom. The van der Waals surface area contributed by atoms with Gasteiger partial charge in [0.15, 0.2) is 5.82 Å². The highest BCUT2D eigenvalue weighted by Gasteiger charge is 2.24. The third kappa shape index (κ3) is 4.36. The lowest BCUT2D eigenvalue weighted by Crippen LogP contribution is -2.40. The van der Waals surface area contributed by atoms with E-state index in [1.54, 1.807) is 6.92 Å². The molecule has 3 rings (SSSR count). The zero-order valence-electron chi connectivity index (χ0n) is 14.3. The molecular weight excluding hydrogens is 320 g/mol. The van der Waals surface area contributed by atoms with Crippen molar-refractivity contribution in [3.63, 3.8) is 0 Å².